The first-order chi connectivity index (χ1) is 12.9. The Kier molecular flexibility index (Phi) is 4.01. The van der Waals surface area contributed by atoms with Gasteiger partial charge in [0.15, 0.2) is 11.5 Å². The topological polar surface area (TPSA) is 105 Å². The zero-order valence-electron chi connectivity index (χ0n) is 14.1. The number of benzene rings is 4. The van der Waals surface area contributed by atoms with E-state index in [2.05, 4.69) is 0 Å². The van der Waals surface area contributed by atoms with Crippen LogP contribution >= 0.6 is 0 Å². The van der Waals surface area contributed by atoms with Gasteiger partial charge in [-0.25, -0.2) is 0 Å². The van der Waals surface area contributed by atoms with Crippen molar-refractivity contribution in [1.29, 1.82) is 0 Å². The first-order valence-corrected chi connectivity index (χ1v) is 9.46. The Morgan fingerprint density at radius 3 is 1.33 bits per heavy atom. The number of nitrogens with two attached hydrogens (primary N) is 2. The van der Waals surface area contributed by atoms with Crippen molar-refractivity contribution in [1.82, 2.24) is 0 Å². The first kappa shape index (κ1) is 17.0. The molecule has 7 heteroatoms. The van der Waals surface area contributed by atoms with Crippen molar-refractivity contribution in [3.63, 3.8) is 0 Å². The molecule has 136 valence electrons. The molecular formula is C20H16N2O4S. The van der Waals surface area contributed by atoms with E-state index >= 15 is 0 Å². The molecule has 0 saturated heterocycles. The molecule has 0 aliphatic carbocycles. The maximum Gasteiger partial charge on any atom is 0.501 e. The van der Waals surface area contributed by atoms with Crippen molar-refractivity contribution >= 4 is 43.3 Å². The summed E-state index contributed by atoms with van der Waals surface area (Å²) in [5.41, 5.74) is 12.9. The van der Waals surface area contributed by atoms with Crippen molar-refractivity contribution < 1.29 is 16.8 Å². The van der Waals surface area contributed by atoms with E-state index in [0.717, 1.165) is 0 Å². The molecular weight excluding hydrogens is 364 g/mol. The van der Waals surface area contributed by atoms with Crippen molar-refractivity contribution in [2.45, 2.75) is 0 Å². The van der Waals surface area contributed by atoms with Gasteiger partial charge in [-0.2, -0.15) is 0 Å². The first-order valence-electron chi connectivity index (χ1n) is 8.13. The Morgan fingerprint density at radius 2 is 0.926 bits per heavy atom. The normalized spacial score (nSPS) is 11.6. The molecule has 0 radical (unpaired) electrons. The fraction of sp³-hybridized carbons (Fsp3) is 0. The van der Waals surface area contributed by atoms with E-state index in [1.54, 1.807) is 48.5 Å². The molecule has 4 aromatic rings. The summed E-state index contributed by atoms with van der Waals surface area (Å²) in [5.74, 6) is 0.277. The minimum absolute atomic E-state index is 0.138. The maximum absolute atomic E-state index is 12.5. The number of rotatable bonds is 4. The Morgan fingerprint density at radius 1 is 0.556 bits per heavy atom. The number of hydrogen-bond donors (Lipinski definition) is 2. The predicted molar refractivity (Wildman–Crippen MR) is 107 cm³/mol. The molecule has 0 heterocycles. The third-order valence-corrected chi connectivity index (χ3v) is 4.99. The Balaban J connectivity index is 1.72. The molecule has 0 fully saturated rings. The summed E-state index contributed by atoms with van der Waals surface area (Å²) < 4.78 is 35.5. The molecule has 0 atom stereocenters. The third kappa shape index (κ3) is 3.20. The highest BCUT2D eigenvalue weighted by molar-refractivity contribution is 7.82. The summed E-state index contributed by atoms with van der Waals surface area (Å²) in [4.78, 5) is 0. The van der Waals surface area contributed by atoms with Gasteiger partial charge in [-0.3, -0.25) is 0 Å². The summed E-state index contributed by atoms with van der Waals surface area (Å²) in [6, 6.07) is 20.4. The average molecular weight is 380 g/mol. The van der Waals surface area contributed by atoms with Crippen LogP contribution in [0.3, 0.4) is 0 Å². The van der Waals surface area contributed by atoms with Gasteiger partial charge in [-0.05, 0) is 24.3 Å². The molecule has 0 aliphatic rings. The maximum atomic E-state index is 12.5. The standard InChI is InChI=1S/C20H16N2O4S/c21-17-9-11-19(15-7-3-1-5-13(15)17)25-27(23,24)26-20-12-10-18(22)14-6-2-4-8-16(14)20/h1-12H,21-22H2. The summed E-state index contributed by atoms with van der Waals surface area (Å²) in [6.45, 7) is 0. The van der Waals surface area contributed by atoms with Crippen LogP contribution in [-0.4, -0.2) is 8.42 Å². The van der Waals surface area contributed by atoms with Gasteiger partial charge in [-0.1, -0.05) is 48.5 Å². The van der Waals surface area contributed by atoms with Crippen LogP contribution in [0.5, 0.6) is 11.5 Å². The van der Waals surface area contributed by atoms with Crippen molar-refractivity contribution in [3.05, 3.63) is 72.8 Å². The van der Waals surface area contributed by atoms with Crippen molar-refractivity contribution in [3.8, 4) is 11.5 Å². The Labute approximate surface area is 156 Å². The van der Waals surface area contributed by atoms with E-state index in [1.807, 2.05) is 12.1 Å². The lowest BCUT2D eigenvalue weighted by Crippen LogP contribution is -2.17. The van der Waals surface area contributed by atoms with Crippen molar-refractivity contribution in [2.75, 3.05) is 11.5 Å². The fourth-order valence-electron chi connectivity index (χ4n) is 2.97. The molecule has 0 saturated carbocycles. The van der Waals surface area contributed by atoms with Crippen LogP contribution in [0.2, 0.25) is 0 Å². The lowest BCUT2D eigenvalue weighted by atomic mass is 10.1. The minimum atomic E-state index is -4.38. The number of fused-ring (bicyclic) bond motifs is 2. The van der Waals surface area contributed by atoms with Gasteiger partial charge in [0.25, 0.3) is 0 Å². The van der Waals surface area contributed by atoms with Gasteiger partial charge < -0.3 is 19.8 Å². The summed E-state index contributed by atoms with van der Waals surface area (Å²) in [7, 11) is -4.38. The van der Waals surface area contributed by atoms with E-state index in [0.29, 0.717) is 32.9 Å². The largest absolute Gasteiger partial charge is 0.501 e. The molecule has 4 N–H and O–H groups in total. The van der Waals surface area contributed by atoms with Crippen LogP contribution in [0.15, 0.2) is 72.8 Å². The number of hydrogen-bond acceptors (Lipinski definition) is 6. The zero-order valence-corrected chi connectivity index (χ0v) is 14.9. The Hall–Kier alpha value is -3.45. The van der Waals surface area contributed by atoms with Gasteiger partial charge in [0.05, 0.1) is 0 Å². The smallest absolute Gasteiger partial charge is 0.398 e. The molecule has 4 aromatic carbocycles. The lowest BCUT2D eigenvalue weighted by Gasteiger charge is -2.13. The molecule has 0 aromatic heterocycles. The van der Waals surface area contributed by atoms with Crippen LogP contribution in [-0.2, 0) is 10.4 Å². The van der Waals surface area contributed by atoms with Crippen LogP contribution in [0.25, 0.3) is 21.5 Å². The van der Waals surface area contributed by atoms with E-state index in [9.17, 15) is 8.42 Å². The van der Waals surface area contributed by atoms with E-state index in [4.69, 9.17) is 19.8 Å². The molecule has 0 aliphatic heterocycles. The van der Waals surface area contributed by atoms with Crippen molar-refractivity contribution in [2.24, 2.45) is 0 Å². The molecule has 4 rings (SSSR count). The molecule has 0 spiro atoms. The lowest BCUT2D eigenvalue weighted by molar-refractivity contribution is 0.396. The number of anilines is 2. The van der Waals surface area contributed by atoms with Gasteiger partial charge in [0.2, 0.25) is 0 Å². The monoisotopic (exact) mass is 380 g/mol. The van der Waals surface area contributed by atoms with Crippen LogP contribution in [0.4, 0.5) is 11.4 Å². The van der Waals surface area contributed by atoms with E-state index < -0.39 is 10.4 Å². The molecule has 0 amide bonds. The molecule has 6 nitrogen and oxygen atoms in total. The fourth-order valence-corrected chi connectivity index (χ4v) is 3.74. The van der Waals surface area contributed by atoms with E-state index in [1.165, 1.54) is 12.1 Å². The van der Waals surface area contributed by atoms with Crippen LogP contribution in [0.1, 0.15) is 0 Å². The van der Waals surface area contributed by atoms with Gasteiger partial charge >= 0.3 is 10.4 Å². The molecule has 27 heavy (non-hydrogen) atoms. The molecule has 0 unspecified atom stereocenters. The quantitative estimate of drug-likeness (QED) is 0.521. The highest BCUT2D eigenvalue weighted by Gasteiger charge is 2.19. The number of nitrogen functional groups attached to an aromatic ring is 2. The zero-order chi connectivity index (χ0) is 19.0. The van der Waals surface area contributed by atoms with Crippen LogP contribution in [0, 0.1) is 0 Å². The summed E-state index contributed by atoms with van der Waals surface area (Å²) >= 11 is 0. The van der Waals surface area contributed by atoms with Gasteiger partial charge in [-0.15, -0.1) is 8.42 Å². The second kappa shape index (κ2) is 6.37. The summed E-state index contributed by atoms with van der Waals surface area (Å²) in [6.07, 6.45) is 0. The second-order valence-electron chi connectivity index (χ2n) is 5.97. The SMILES string of the molecule is Nc1ccc(OS(=O)(=O)Oc2ccc(N)c3ccccc23)c2ccccc12. The minimum Gasteiger partial charge on any atom is -0.398 e. The third-order valence-electron chi connectivity index (χ3n) is 4.22. The van der Waals surface area contributed by atoms with Crippen LogP contribution < -0.4 is 19.8 Å². The summed E-state index contributed by atoms with van der Waals surface area (Å²) in [5, 5.41) is 2.55. The van der Waals surface area contributed by atoms with Gasteiger partial charge in [0.1, 0.15) is 0 Å². The highest BCUT2D eigenvalue weighted by atomic mass is 32.3. The highest BCUT2D eigenvalue weighted by Crippen LogP contribution is 2.33. The average Bonchev–Trinajstić information content (AvgIpc) is 2.67. The predicted octanol–water partition coefficient (Wildman–Crippen LogP) is 3.86. The second-order valence-corrected chi connectivity index (χ2v) is 7.12. The molecule has 0 bridgehead atoms. The Bertz CT molecular complexity index is 1180. The van der Waals surface area contributed by atoms with E-state index in [-0.39, 0.29) is 11.5 Å². The van der Waals surface area contributed by atoms with Gasteiger partial charge in [0, 0.05) is 32.9 Å².